The Labute approximate surface area is 121 Å². The van der Waals surface area contributed by atoms with Crippen molar-refractivity contribution in [1.29, 1.82) is 0 Å². The SMILES string of the molecule is CN(C)C(CC(=O)Nc1ccc(Cl)cc1Cl)C(=O)O. The highest BCUT2D eigenvalue weighted by atomic mass is 35.5. The van der Waals surface area contributed by atoms with Crippen molar-refractivity contribution >= 4 is 40.8 Å². The lowest BCUT2D eigenvalue weighted by molar-refractivity contribution is -0.144. The molecule has 0 aromatic heterocycles. The molecule has 0 heterocycles. The number of amides is 1. The number of halogens is 2. The monoisotopic (exact) mass is 304 g/mol. The molecule has 0 bridgehead atoms. The number of carbonyl (C=O) groups excluding carboxylic acids is 1. The quantitative estimate of drug-likeness (QED) is 0.876. The fourth-order valence-corrected chi connectivity index (χ4v) is 1.91. The first-order chi connectivity index (χ1) is 8.81. The van der Waals surface area contributed by atoms with Gasteiger partial charge in [0.25, 0.3) is 0 Å². The number of aliphatic carboxylic acids is 1. The van der Waals surface area contributed by atoms with Crippen molar-refractivity contribution in [2.24, 2.45) is 0 Å². The molecule has 0 spiro atoms. The van der Waals surface area contributed by atoms with Crippen LogP contribution in [0.2, 0.25) is 10.0 Å². The summed E-state index contributed by atoms with van der Waals surface area (Å²) >= 11 is 11.6. The van der Waals surface area contributed by atoms with Crippen molar-refractivity contribution in [1.82, 2.24) is 4.90 Å². The zero-order chi connectivity index (χ0) is 14.6. The largest absolute Gasteiger partial charge is 0.480 e. The number of hydrogen-bond acceptors (Lipinski definition) is 3. The van der Waals surface area contributed by atoms with Gasteiger partial charge < -0.3 is 10.4 Å². The molecule has 5 nitrogen and oxygen atoms in total. The van der Waals surface area contributed by atoms with Gasteiger partial charge in [0.1, 0.15) is 6.04 Å². The smallest absolute Gasteiger partial charge is 0.321 e. The van der Waals surface area contributed by atoms with Crippen molar-refractivity contribution in [2.75, 3.05) is 19.4 Å². The number of nitrogens with zero attached hydrogens (tertiary/aromatic N) is 1. The van der Waals surface area contributed by atoms with E-state index in [1.54, 1.807) is 26.2 Å². The van der Waals surface area contributed by atoms with Gasteiger partial charge in [-0.25, -0.2) is 0 Å². The van der Waals surface area contributed by atoms with Crippen molar-refractivity contribution in [2.45, 2.75) is 12.5 Å². The summed E-state index contributed by atoms with van der Waals surface area (Å²) in [5.41, 5.74) is 0.402. The van der Waals surface area contributed by atoms with Crippen LogP contribution >= 0.6 is 23.2 Å². The van der Waals surface area contributed by atoms with E-state index in [1.807, 2.05) is 0 Å². The second-order valence-corrected chi connectivity index (χ2v) is 5.04. The average Bonchev–Trinajstić information content (AvgIpc) is 2.29. The molecule has 0 fully saturated rings. The van der Waals surface area contributed by atoms with Crippen LogP contribution in [0.25, 0.3) is 0 Å². The Morgan fingerprint density at radius 2 is 2.00 bits per heavy atom. The van der Waals surface area contributed by atoms with E-state index in [0.29, 0.717) is 15.7 Å². The highest BCUT2D eigenvalue weighted by Crippen LogP contribution is 2.25. The number of anilines is 1. The second-order valence-electron chi connectivity index (χ2n) is 4.19. The third-order valence-electron chi connectivity index (χ3n) is 2.49. The summed E-state index contributed by atoms with van der Waals surface area (Å²) in [5, 5.41) is 12.3. The van der Waals surface area contributed by atoms with Crippen LogP contribution < -0.4 is 5.32 Å². The van der Waals surface area contributed by atoms with Crippen LogP contribution in [-0.2, 0) is 9.59 Å². The summed E-state index contributed by atoms with van der Waals surface area (Å²) in [7, 11) is 3.20. The predicted octanol–water partition coefficient (Wildman–Crippen LogP) is 2.34. The van der Waals surface area contributed by atoms with Gasteiger partial charge in [0.05, 0.1) is 17.1 Å². The van der Waals surface area contributed by atoms with Crippen LogP contribution in [-0.4, -0.2) is 42.0 Å². The van der Waals surface area contributed by atoms with Gasteiger partial charge in [-0.2, -0.15) is 0 Å². The Morgan fingerprint density at radius 3 is 2.47 bits per heavy atom. The molecule has 1 aromatic rings. The summed E-state index contributed by atoms with van der Waals surface area (Å²) in [6.07, 6.45) is -0.165. The number of hydrogen-bond donors (Lipinski definition) is 2. The maximum Gasteiger partial charge on any atom is 0.321 e. The molecular weight excluding hydrogens is 291 g/mol. The Hall–Kier alpha value is -1.30. The molecule has 0 radical (unpaired) electrons. The molecule has 7 heteroatoms. The van der Waals surface area contributed by atoms with Gasteiger partial charge in [-0.3, -0.25) is 14.5 Å². The molecule has 0 aliphatic carbocycles. The molecule has 0 saturated carbocycles. The van der Waals surface area contributed by atoms with Gasteiger partial charge in [0, 0.05) is 5.02 Å². The van der Waals surface area contributed by atoms with Crippen LogP contribution in [0, 0.1) is 0 Å². The van der Waals surface area contributed by atoms with Crippen LogP contribution in [0.4, 0.5) is 5.69 Å². The zero-order valence-electron chi connectivity index (χ0n) is 10.5. The Bertz CT molecular complexity index is 492. The van der Waals surface area contributed by atoms with E-state index in [0.717, 1.165) is 0 Å². The minimum atomic E-state index is -1.05. The lowest BCUT2D eigenvalue weighted by atomic mass is 10.2. The van der Waals surface area contributed by atoms with Crippen LogP contribution in [0.3, 0.4) is 0 Å². The van der Waals surface area contributed by atoms with Crippen molar-refractivity contribution in [3.05, 3.63) is 28.2 Å². The molecule has 1 amide bonds. The van der Waals surface area contributed by atoms with E-state index < -0.39 is 17.9 Å². The lowest BCUT2D eigenvalue weighted by Gasteiger charge is -2.19. The van der Waals surface area contributed by atoms with Gasteiger partial charge in [0.15, 0.2) is 0 Å². The number of carboxylic acid groups (broad SMARTS) is 1. The fourth-order valence-electron chi connectivity index (χ4n) is 1.46. The number of benzene rings is 1. The normalized spacial score (nSPS) is 12.3. The first-order valence-corrected chi connectivity index (χ1v) is 6.21. The van der Waals surface area contributed by atoms with Crippen molar-refractivity contribution < 1.29 is 14.7 Å². The third-order valence-corrected chi connectivity index (χ3v) is 3.04. The van der Waals surface area contributed by atoms with Crippen LogP contribution in [0.1, 0.15) is 6.42 Å². The Morgan fingerprint density at radius 1 is 1.37 bits per heavy atom. The number of likely N-dealkylation sites (N-methyl/N-ethyl adjacent to an activating group) is 1. The van der Waals surface area contributed by atoms with Crippen molar-refractivity contribution in [3.63, 3.8) is 0 Å². The maximum absolute atomic E-state index is 11.8. The third kappa shape index (κ3) is 4.70. The molecule has 1 atom stereocenters. The summed E-state index contributed by atoms with van der Waals surface area (Å²) < 4.78 is 0. The minimum Gasteiger partial charge on any atom is -0.480 e. The molecular formula is C12H14Cl2N2O3. The molecule has 19 heavy (non-hydrogen) atoms. The van der Waals surface area contributed by atoms with Crippen LogP contribution in [0.5, 0.6) is 0 Å². The fraction of sp³-hybridized carbons (Fsp3) is 0.333. The van der Waals surface area contributed by atoms with Crippen LogP contribution in [0.15, 0.2) is 18.2 Å². The standard InChI is InChI=1S/C12H14Cl2N2O3/c1-16(2)10(12(18)19)6-11(17)15-9-4-3-7(13)5-8(9)14/h3-5,10H,6H2,1-2H3,(H,15,17)(H,18,19). The van der Waals surface area contributed by atoms with E-state index in [1.165, 1.54) is 11.0 Å². The highest BCUT2D eigenvalue weighted by Gasteiger charge is 2.23. The molecule has 104 valence electrons. The minimum absolute atomic E-state index is 0.165. The molecule has 2 N–H and O–H groups in total. The number of rotatable bonds is 5. The molecule has 1 unspecified atom stereocenters. The van der Waals surface area contributed by atoms with Gasteiger partial charge in [0.2, 0.25) is 5.91 Å². The van der Waals surface area contributed by atoms with E-state index in [2.05, 4.69) is 5.32 Å². The number of nitrogens with one attached hydrogen (secondary N) is 1. The van der Waals surface area contributed by atoms with Gasteiger partial charge in [-0.1, -0.05) is 23.2 Å². The molecule has 1 rings (SSSR count). The summed E-state index contributed by atoms with van der Waals surface area (Å²) in [5.74, 6) is -1.48. The number of carbonyl (C=O) groups is 2. The molecule has 0 aliphatic rings. The second kappa shape index (κ2) is 6.75. The molecule has 0 saturated heterocycles. The molecule has 0 aliphatic heterocycles. The highest BCUT2D eigenvalue weighted by molar-refractivity contribution is 6.36. The Balaban J connectivity index is 2.72. The predicted molar refractivity (Wildman–Crippen MR) is 74.8 cm³/mol. The van der Waals surface area contributed by atoms with E-state index in [-0.39, 0.29) is 6.42 Å². The van der Waals surface area contributed by atoms with Gasteiger partial charge in [-0.15, -0.1) is 0 Å². The topological polar surface area (TPSA) is 69.6 Å². The van der Waals surface area contributed by atoms with E-state index >= 15 is 0 Å². The van der Waals surface area contributed by atoms with Crippen molar-refractivity contribution in [3.8, 4) is 0 Å². The summed E-state index contributed by atoms with van der Waals surface area (Å²) in [4.78, 5) is 24.2. The summed E-state index contributed by atoms with van der Waals surface area (Å²) in [6, 6.07) is 3.77. The maximum atomic E-state index is 11.8. The number of carboxylic acids is 1. The van der Waals surface area contributed by atoms with Gasteiger partial charge >= 0.3 is 5.97 Å². The zero-order valence-corrected chi connectivity index (χ0v) is 12.0. The lowest BCUT2D eigenvalue weighted by Crippen LogP contribution is -2.38. The Kier molecular flexibility index (Phi) is 5.60. The summed E-state index contributed by atoms with van der Waals surface area (Å²) in [6.45, 7) is 0. The van der Waals surface area contributed by atoms with E-state index in [4.69, 9.17) is 28.3 Å². The molecule has 1 aromatic carbocycles. The average molecular weight is 305 g/mol. The first kappa shape index (κ1) is 15.8. The van der Waals surface area contributed by atoms with E-state index in [9.17, 15) is 9.59 Å². The van der Waals surface area contributed by atoms with Gasteiger partial charge in [-0.05, 0) is 32.3 Å². The first-order valence-electron chi connectivity index (χ1n) is 5.45.